The molecule has 0 saturated carbocycles. The van der Waals surface area contributed by atoms with Crippen LogP contribution in [-0.4, -0.2) is 54.0 Å². The molecular formula is C7H10O6. The van der Waals surface area contributed by atoms with Crippen molar-refractivity contribution in [3.63, 3.8) is 0 Å². The van der Waals surface area contributed by atoms with Crippen LogP contribution in [0.25, 0.3) is 0 Å². The molecule has 0 aromatic heterocycles. The van der Waals surface area contributed by atoms with E-state index in [1.807, 2.05) is 0 Å². The number of esters is 1. The van der Waals surface area contributed by atoms with E-state index >= 15 is 0 Å². The average Bonchev–Trinajstić information content (AvgIpc) is 2.56. The van der Waals surface area contributed by atoms with Gasteiger partial charge in [-0.2, -0.15) is 0 Å². The molecule has 74 valence electrons. The van der Waals surface area contributed by atoms with E-state index in [4.69, 9.17) is 14.2 Å². The molecular weight excluding hydrogens is 180 g/mol. The monoisotopic (exact) mass is 190 g/mol. The fourth-order valence-electron chi connectivity index (χ4n) is 1.59. The first-order valence-corrected chi connectivity index (χ1v) is 3.90. The van der Waals surface area contributed by atoms with Crippen molar-refractivity contribution in [2.75, 3.05) is 7.11 Å². The van der Waals surface area contributed by atoms with Crippen molar-refractivity contribution >= 4 is 5.97 Å². The largest absolute Gasteiger partial charge is 0.454 e. The minimum Gasteiger partial charge on any atom is -0.454 e. The van der Waals surface area contributed by atoms with Gasteiger partial charge >= 0.3 is 5.97 Å². The highest BCUT2D eigenvalue weighted by molar-refractivity contribution is 5.78. The predicted molar refractivity (Wildman–Crippen MR) is 37.6 cm³/mol. The van der Waals surface area contributed by atoms with Crippen LogP contribution in [-0.2, 0) is 19.0 Å². The van der Waals surface area contributed by atoms with Gasteiger partial charge in [0.05, 0.1) is 0 Å². The van der Waals surface area contributed by atoms with Crippen molar-refractivity contribution in [1.82, 2.24) is 0 Å². The molecule has 0 aliphatic carbocycles. The second-order valence-electron chi connectivity index (χ2n) is 3.04. The van der Waals surface area contributed by atoms with Crippen molar-refractivity contribution in [2.45, 2.75) is 30.7 Å². The van der Waals surface area contributed by atoms with E-state index in [0.717, 1.165) is 0 Å². The van der Waals surface area contributed by atoms with Gasteiger partial charge < -0.3 is 24.4 Å². The summed E-state index contributed by atoms with van der Waals surface area (Å²) in [5, 5.41) is 18.7. The van der Waals surface area contributed by atoms with Crippen molar-refractivity contribution in [1.29, 1.82) is 0 Å². The van der Waals surface area contributed by atoms with Gasteiger partial charge in [0.15, 0.2) is 18.5 Å². The summed E-state index contributed by atoms with van der Waals surface area (Å²) in [5.41, 5.74) is 0. The second kappa shape index (κ2) is 2.91. The highest BCUT2D eigenvalue weighted by Crippen LogP contribution is 2.31. The molecule has 2 N–H and O–H groups in total. The molecule has 6 heteroatoms. The van der Waals surface area contributed by atoms with E-state index < -0.39 is 36.7 Å². The molecule has 0 spiro atoms. The van der Waals surface area contributed by atoms with E-state index in [0.29, 0.717) is 0 Å². The Morgan fingerprint density at radius 3 is 2.62 bits per heavy atom. The van der Waals surface area contributed by atoms with Gasteiger partial charge in [0.25, 0.3) is 0 Å². The Morgan fingerprint density at radius 1 is 1.38 bits per heavy atom. The third kappa shape index (κ3) is 1.14. The third-order valence-electron chi connectivity index (χ3n) is 2.27. The zero-order chi connectivity index (χ0) is 9.59. The highest BCUT2D eigenvalue weighted by atomic mass is 16.7. The molecule has 2 rings (SSSR count). The maximum Gasteiger partial charge on any atom is 0.338 e. The number of methoxy groups -OCH3 is 1. The van der Waals surface area contributed by atoms with Gasteiger partial charge in [-0.3, -0.25) is 0 Å². The number of aliphatic hydroxyl groups excluding tert-OH is 2. The number of aliphatic hydroxyl groups is 2. The lowest BCUT2D eigenvalue weighted by Gasteiger charge is -2.14. The summed E-state index contributed by atoms with van der Waals surface area (Å²) in [7, 11) is 1.36. The molecule has 2 fully saturated rings. The van der Waals surface area contributed by atoms with Gasteiger partial charge in [0.1, 0.15) is 12.2 Å². The van der Waals surface area contributed by atoms with E-state index in [9.17, 15) is 15.0 Å². The number of carbonyl (C=O) groups is 1. The zero-order valence-electron chi connectivity index (χ0n) is 6.91. The SMILES string of the molecule is CO[C@@H]1O[C@H]2[C@H](OC(=O)[C@H]2O)[C@@H]1O. The Balaban J connectivity index is 2.14. The minimum atomic E-state index is -1.32. The number of hydrogen-bond acceptors (Lipinski definition) is 6. The lowest BCUT2D eigenvalue weighted by atomic mass is 10.1. The Kier molecular flexibility index (Phi) is 1.99. The Labute approximate surface area is 74.0 Å². The Morgan fingerprint density at radius 2 is 2.08 bits per heavy atom. The van der Waals surface area contributed by atoms with Crippen molar-refractivity contribution in [3.8, 4) is 0 Å². The van der Waals surface area contributed by atoms with Crippen LogP contribution in [0.1, 0.15) is 0 Å². The zero-order valence-corrected chi connectivity index (χ0v) is 6.91. The highest BCUT2D eigenvalue weighted by Gasteiger charge is 2.56. The van der Waals surface area contributed by atoms with Crippen LogP contribution in [0.4, 0.5) is 0 Å². The molecule has 0 amide bonds. The van der Waals surface area contributed by atoms with E-state index in [1.54, 1.807) is 0 Å². The van der Waals surface area contributed by atoms with E-state index in [2.05, 4.69) is 0 Å². The standard InChI is InChI=1S/C7H10O6/c1-11-7-3(9)5-4(13-7)2(8)6(10)12-5/h2-5,7-9H,1H3/t2-,3-,4+,5+,7+/m0/s1. The van der Waals surface area contributed by atoms with Gasteiger partial charge in [-0.1, -0.05) is 0 Å². The molecule has 2 heterocycles. The van der Waals surface area contributed by atoms with Crippen molar-refractivity contribution in [3.05, 3.63) is 0 Å². The van der Waals surface area contributed by atoms with Crippen LogP contribution >= 0.6 is 0 Å². The molecule has 0 aromatic carbocycles. The lowest BCUT2D eigenvalue weighted by molar-refractivity contribution is -0.177. The predicted octanol–water partition coefficient (Wildman–Crippen LogP) is -2.00. The van der Waals surface area contributed by atoms with Crippen LogP contribution in [0.5, 0.6) is 0 Å². The summed E-state index contributed by atoms with van der Waals surface area (Å²) in [6, 6.07) is 0. The number of rotatable bonds is 1. The maximum absolute atomic E-state index is 10.8. The lowest BCUT2D eigenvalue weighted by Crippen LogP contribution is -2.32. The first-order valence-electron chi connectivity index (χ1n) is 3.90. The van der Waals surface area contributed by atoms with Crippen LogP contribution in [0.15, 0.2) is 0 Å². The van der Waals surface area contributed by atoms with Crippen LogP contribution < -0.4 is 0 Å². The third-order valence-corrected chi connectivity index (χ3v) is 2.27. The first kappa shape index (κ1) is 8.89. The molecule has 0 bridgehead atoms. The summed E-state index contributed by atoms with van der Waals surface area (Å²) < 4.78 is 14.5. The molecule has 2 aliphatic rings. The quantitative estimate of drug-likeness (QED) is 0.465. The van der Waals surface area contributed by atoms with Gasteiger partial charge in [-0.05, 0) is 0 Å². The van der Waals surface area contributed by atoms with E-state index in [1.165, 1.54) is 7.11 Å². The maximum atomic E-state index is 10.8. The van der Waals surface area contributed by atoms with Gasteiger partial charge in [0.2, 0.25) is 0 Å². The Hall–Kier alpha value is -0.690. The fraction of sp³-hybridized carbons (Fsp3) is 0.857. The van der Waals surface area contributed by atoms with Gasteiger partial charge in [0, 0.05) is 7.11 Å². The van der Waals surface area contributed by atoms with Crippen molar-refractivity contribution in [2.24, 2.45) is 0 Å². The fourth-order valence-corrected chi connectivity index (χ4v) is 1.59. The number of hydrogen-bond donors (Lipinski definition) is 2. The number of fused-ring (bicyclic) bond motifs is 1. The molecule has 5 atom stereocenters. The Bertz CT molecular complexity index is 229. The molecule has 0 radical (unpaired) electrons. The second-order valence-corrected chi connectivity index (χ2v) is 3.04. The summed E-state index contributed by atoms with van der Waals surface area (Å²) >= 11 is 0. The van der Waals surface area contributed by atoms with Gasteiger partial charge in [-0.25, -0.2) is 4.79 Å². The van der Waals surface area contributed by atoms with Crippen LogP contribution in [0.2, 0.25) is 0 Å². The minimum absolute atomic E-state index is 0.761. The molecule has 2 saturated heterocycles. The normalized spacial score (nSPS) is 49.2. The first-order chi connectivity index (χ1) is 6.15. The molecule has 6 nitrogen and oxygen atoms in total. The van der Waals surface area contributed by atoms with Crippen LogP contribution in [0.3, 0.4) is 0 Å². The van der Waals surface area contributed by atoms with Crippen LogP contribution in [0, 0.1) is 0 Å². The smallest absolute Gasteiger partial charge is 0.338 e. The van der Waals surface area contributed by atoms with Crippen molar-refractivity contribution < 1.29 is 29.2 Å². The summed E-state index contributed by atoms with van der Waals surface area (Å²) in [6.45, 7) is 0. The molecule has 0 unspecified atom stereocenters. The molecule has 13 heavy (non-hydrogen) atoms. The average molecular weight is 190 g/mol. The van der Waals surface area contributed by atoms with Gasteiger partial charge in [-0.15, -0.1) is 0 Å². The molecule has 0 aromatic rings. The topological polar surface area (TPSA) is 85.2 Å². The number of carbonyl (C=O) groups excluding carboxylic acids is 1. The number of ether oxygens (including phenoxy) is 3. The van der Waals surface area contributed by atoms with E-state index in [-0.39, 0.29) is 0 Å². The molecule has 2 aliphatic heterocycles. The summed E-state index contributed by atoms with van der Waals surface area (Å²) in [5.74, 6) is -0.761. The summed E-state index contributed by atoms with van der Waals surface area (Å²) in [4.78, 5) is 10.8. The summed E-state index contributed by atoms with van der Waals surface area (Å²) in [6.07, 6.45) is -4.81.